The van der Waals surface area contributed by atoms with Crippen molar-refractivity contribution in [3.63, 3.8) is 0 Å². The Hall–Kier alpha value is -1.68. The highest BCUT2D eigenvalue weighted by Crippen LogP contribution is 2.23. The molecule has 2 aromatic rings. The van der Waals surface area contributed by atoms with Gasteiger partial charge in [0.2, 0.25) is 0 Å². The molecule has 0 radical (unpaired) electrons. The minimum Gasteiger partial charge on any atom is -0.322 e. The number of hydrogen-bond donors (Lipinski definition) is 1. The van der Waals surface area contributed by atoms with Crippen LogP contribution in [0.1, 0.15) is 29.3 Å². The molecule has 0 fully saturated rings. The van der Waals surface area contributed by atoms with Gasteiger partial charge >= 0.3 is 0 Å². The Morgan fingerprint density at radius 2 is 1.95 bits per heavy atom. The lowest BCUT2D eigenvalue weighted by Gasteiger charge is -2.11. The fourth-order valence-electron chi connectivity index (χ4n) is 2.00. The van der Waals surface area contributed by atoms with Gasteiger partial charge < -0.3 is 5.32 Å². The lowest BCUT2D eigenvalue weighted by atomic mass is 10.1. The molecule has 1 N–H and O–H groups in total. The summed E-state index contributed by atoms with van der Waals surface area (Å²) in [5, 5.41) is 2.84. The van der Waals surface area contributed by atoms with Gasteiger partial charge in [-0.05, 0) is 46.1 Å². The Morgan fingerprint density at radius 3 is 2.70 bits per heavy atom. The van der Waals surface area contributed by atoms with Gasteiger partial charge in [0, 0.05) is 5.69 Å². The van der Waals surface area contributed by atoms with E-state index in [1.54, 1.807) is 6.07 Å². The SMILES string of the molecule is CCCc1ccccc1NC(=O)c1cccc(F)c1Br. The maximum absolute atomic E-state index is 13.5. The molecule has 0 heterocycles. The minimum absolute atomic E-state index is 0.186. The summed E-state index contributed by atoms with van der Waals surface area (Å²) in [6.07, 6.45) is 1.89. The Labute approximate surface area is 126 Å². The van der Waals surface area contributed by atoms with Crippen molar-refractivity contribution in [2.24, 2.45) is 0 Å². The van der Waals surface area contributed by atoms with Gasteiger partial charge in [0.05, 0.1) is 10.0 Å². The second kappa shape index (κ2) is 6.66. The van der Waals surface area contributed by atoms with E-state index in [0.29, 0.717) is 0 Å². The summed E-state index contributed by atoms with van der Waals surface area (Å²) in [6.45, 7) is 2.09. The van der Waals surface area contributed by atoms with Crippen molar-refractivity contribution in [3.8, 4) is 0 Å². The van der Waals surface area contributed by atoms with Crippen molar-refractivity contribution in [2.75, 3.05) is 5.32 Å². The Kier molecular flexibility index (Phi) is 4.90. The van der Waals surface area contributed by atoms with Gasteiger partial charge in [0.25, 0.3) is 5.91 Å². The number of anilines is 1. The van der Waals surface area contributed by atoms with Gasteiger partial charge in [0.15, 0.2) is 0 Å². The predicted octanol–water partition coefficient (Wildman–Crippen LogP) is 4.79. The van der Waals surface area contributed by atoms with Crippen LogP contribution >= 0.6 is 15.9 Å². The number of amides is 1. The second-order valence-electron chi connectivity index (χ2n) is 4.46. The van der Waals surface area contributed by atoms with Crippen LogP contribution < -0.4 is 5.32 Å². The number of carbonyl (C=O) groups excluding carboxylic acids is 1. The van der Waals surface area contributed by atoms with E-state index in [1.165, 1.54) is 12.1 Å². The van der Waals surface area contributed by atoms with Gasteiger partial charge in [0.1, 0.15) is 5.82 Å². The van der Waals surface area contributed by atoms with Crippen molar-refractivity contribution in [2.45, 2.75) is 19.8 Å². The molecule has 0 unspecified atom stereocenters. The third-order valence-corrected chi connectivity index (χ3v) is 3.79. The molecule has 0 aliphatic heterocycles. The monoisotopic (exact) mass is 335 g/mol. The summed E-state index contributed by atoms with van der Waals surface area (Å²) >= 11 is 3.11. The second-order valence-corrected chi connectivity index (χ2v) is 5.26. The Balaban J connectivity index is 2.26. The van der Waals surface area contributed by atoms with Crippen molar-refractivity contribution < 1.29 is 9.18 Å². The van der Waals surface area contributed by atoms with Gasteiger partial charge in [-0.3, -0.25) is 4.79 Å². The van der Waals surface area contributed by atoms with Gasteiger partial charge in [-0.15, -0.1) is 0 Å². The molecule has 2 nitrogen and oxygen atoms in total. The minimum atomic E-state index is -0.445. The first-order valence-corrected chi connectivity index (χ1v) is 7.26. The molecule has 0 spiro atoms. The molecule has 0 bridgehead atoms. The number of para-hydroxylation sites is 1. The Bertz CT molecular complexity index is 628. The summed E-state index contributed by atoms with van der Waals surface area (Å²) in [5.41, 5.74) is 2.14. The molecule has 0 aliphatic rings. The highest BCUT2D eigenvalue weighted by molar-refractivity contribution is 9.10. The number of nitrogens with one attached hydrogen (secondary N) is 1. The summed E-state index contributed by atoms with van der Waals surface area (Å²) < 4.78 is 13.6. The topological polar surface area (TPSA) is 29.1 Å². The van der Waals surface area contributed by atoms with Gasteiger partial charge in [-0.2, -0.15) is 0 Å². The van der Waals surface area contributed by atoms with Crippen molar-refractivity contribution in [3.05, 3.63) is 63.9 Å². The van der Waals surface area contributed by atoms with Crippen LogP contribution in [0.4, 0.5) is 10.1 Å². The molecule has 4 heteroatoms. The molecule has 104 valence electrons. The lowest BCUT2D eigenvalue weighted by Crippen LogP contribution is -2.14. The van der Waals surface area contributed by atoms with E-state index in [1.807, 2.05) is 24.3 Å². The molecule has 0 saturated carbocycles. The average Bonchev–Trinajstić information content (AvgIpc) is 2.44. The third kappa shape index (κ3) is 3.25. The van der Waals surface area contributed by atoms with E-state index in [0.717, 1.165) is 24.1 Å². The van der Waals surface area contributed by atoms with Crippen LogP contribution in [0, 0.1) is 5.82 Å². The molecule has 0 atom stereocenters. The first-order valence-electron chi connectivity index (χ1n) is 6.46. The molecule has 2 rings (SSSR count). The number of carbonyl (C=O) groups is 1. The normalized spacial score (nSPS) is 10.3. The Morgan fingerprint density at radius 1 is 1.20 bits per heavy atom. The summed E-state index contributed by atoms with van der Waals surface area (Å²) in [4.78, 5) is 12.2. The first-order chi connectivity index (χ1) is 9.63. The zero-order valence-corrected chi connectivity index (χ0v) is 12.7. The van der Waals surface area contributed by atoms with E-state index < -0.39 is 5.82 Å². The van der Waals surface area contributed by atoms with Gasteiger partial charge in [-0.1, -0.05) is 37.6 Å². The van der Waals surface area contributed by atoms with Crippen LogP contribution in [0.5, 0.6) is 0 Å². The molecule has 0 aliphatic carbocycles. The van der Waals surface area contributed by atoms with E-state index in [-0.39, 0.29) is 15.9 Å². The summed E-state index contributed by atoms with van der Waals surface area (Å²) in [7, 11) is 0. The standard InChI is InChI=1S/C16H15BrFNO/c1-2-6-11-7-3-4-10-14(11)19-16(20)12-8-5-9-13(18)15(12)17/h3-5,7-10H,2,6H2,1H3,(H,19,20). The van der Waals surface area contributed by atoms with Crippen LogP contribution in [0.2, 0.25) is 0 Å². The zero-order chi connectivity index (χ0) is 14.5. The highest BCUT2D eigenvalue weighted by atomic mass is 79.9. The zero-order valence-electron chi connectivity index (χ0n) is 11.1. The number of benzene rings is 2. The molecule has 1 amide bonds. The van der Waals surface area contributed by atoms with E-state index in [4.69, 9.17) is 0 Å². The smallest absolute Gasteiger partial charge is 0.256 e. The molecular formula is C16H15BrFNO. The van der Waals surface area contributed by atoms with E-state index in [9.17, 15) is 9.18 Å². The van der Waals surface area contributed by atoms with Crippen LogP contribution in [0.15, 0.2) is 46.9 Å². The largest absolute Gasteiger partial charge is 0.322 e. The molecule has 2 aromatic carbocycles. The fraction of sp³-hybridized carbons (Fsp3) is 0.188. The highest BCUT2D eigenvalue weighted by Gasteiger charge is 2.14. The molecular weight excluding hydrogens is 321 g/mol. The average molecular weight is 336 g/mol. The van der Waals surface area contributed by atoms with Crippen LogP contribution in [0.3, 0.4) is 0 Å². The fourth-order valence-corrected chi connectivity index (χ4v) is 2.44. The van der Waals surface area contributed by atoms with E-state index in [2.05, 4.69) is 28.2 Å². The van der Waals surface area contributed by atoms with Crippen LogP contribution in [0.25, 0.3) is 0 Å². The van der Waals surface area contributed by atoms with Crippen molar-refractivity contribution in [1.29, 1.82) is 0 Å². The summed E-state index contributed by atoms with van der Waals surface area (Å²) in [6, 6.07) is 12.1. The maximum Gasteiger partial charge on any atom is 0.256 e. The first kappa shape index (κ1) is 14.7. The number of rotatable bonds is 4. The molecule has 20 heavy (non-hydrogen) atoms. The third-order valence-electron chi connectivity index (χ3n) is 2.98. The maximum atomic E-state index is 13.5. The molecule has 0 saturated heterocycles. The van der Waals surface area contributed by atoms with Crippen LogP contribution in [-0.2, 0) is 6.42 Å². The van der Waals surface area contributed by atoms with E-state index >= 15 is 0 Å². The number of aryl methyl sites for hydroxylation is 1. The number of hydrogen-bond acceptors (Lipinski definition) is 1. The van der Waals surface area contributed by atoms with Gasteiger partial charge in [-0.25, -0.2) is 4.39 Å². The van der Waals surface area contributed by atoms with Crippen LogP contribution in [-0.4, -0.2) is 5.91 Å². The quantitative estimate of drug-likeness (QED) is 0.854. The number of halogens is 2. The van der Waals surface area contributed by atoms with Crippen molar-refractivity contribution >= 4 is 27.5 Å². The summed E-state index contributed by atoms with van der Waals surface area (Å²) in [5.74, 6) is -0.764. The van der Waals surface area contributed by atoms with Crippen molar-refractivity contribution in [1.82, 2.24) is 0 Å². The lowest BCUT2D eigenvalue weighted by molar-refractivity contribution is 0.102. The molecule has 0 aromatic heterocycles. The predicted molar refractivity (Wildman–Crippen MR) is 82.5 cm³/mol.